The molecule has 5 heteroatoms. The Balaban J connectivity index is 0.00000249. The fourth-order valence-electron chi connectivity index (χ4n) is 3.34. The standard InChI is InChI=1S/C25H36N4O.C2H6/c1-6-20(3)24(12-11-22(7-2)29-16-14-26-15-17-29)27-25(13-18-30)21-9-8-10-23(19-21)28(4)5;1-2/h7-13,18-20,26H,6,14-17H2,1-5H3;1-2H3/b12-11-,22-7+,25-13-,27-24+;. The highest BCUT2D eigenvalue weighted by molar-refractivity contribution is 6.01. The molecule has 0 saturated carbocycles. The van der Waals surface area contributed by atoms with E-state index >= 15 is 0 Å². The lowest BCUT2D eigenvalue weighted by atomic mass is 10.0. The Morgan fingerprint density at radius 2 is 1.91 bits per heavy atom. The fourth-order valence-corrected chi connectivity index (χ4v) is 3.34. The van der Waals surface area contributed by atoms with Gasteiger partial charge in [0.05, 0.1) is 5.70 Å². The minimum Gasteiger partial charge on any atom is -0.378 e. The van der Waals surface area contributed by atoms with E-state index in [9.17, 15) is 4.79 Å². The summed E-state index contributed by atoms with van der Waals surface area (Å²) in [5.74, 6) is 0.287. The van der Waals surface area contributed by atoms with Crippen LogP contribution in [0.3, 0.4) is 0 Å². The summed E-state index contributed by atoms with van der Waals surface area (Å²) < 4.78 is 0. The molecule has 1 fully saturated rings. The van der Waals surface area contributed by atoms with E-state index in [-0.39, 0.29) is 5.92 Å². The molecule has 1 saturated heterocycles. The number of hydrogen-bond acceptors (Lipinski definition) is 5. The first-order chi connectivity index (χ1) is 15.5. The Hall–Kier alpha value is -2.66. The zero-order chi connectivity index (χ0) is 23.9. The number of allylic oxidation sites excluding steroid dienone is 4. The molecule has 1 unspecified atom stereocenters. The van der Waals surface area contributed by atoms with Gasteiger partial charge >= 0.3 is 0 Å². The number of anilines is 1. The van der Waals surface area contributed by atoms with Gasteiger partial charge in [-0.3, -0.25) is 9.79 Å². The zero-order valence-electron chi connectivity index (χ0n) is 21.1. The van der Waals surface area contributed by atoms with Gasteiger partial charge in [0.1, 0.15) is 6.29 Å². The van der Waals surface area contributed by atoms with Gasteiger partial charge in [-0.15, -0.1) is 0 Å². The van der Waals surface area contributed by atoms with E-state index in [1.165, 1.54) is 5.70 Å². The van der Waals surface area contributed by atoms with Crippen molar-refractivity contribution in [3.05, 3.63) is 59.8 Å². The molecule has 1 heterocycles. The molecule has 0 spiro atoms. The van der Waals surface area contributed by atoms with Gasteiger partial charge in [-0.25, -0.2) is 0 Å². The molecule has 2 rings (SSSR count). The van der Waals surface area contributed by atoms with E-state index in [4.69, 9.17) is 4.99 Å². The molecule has 0 aliphatic carbocycles. The van der Waals surface area contributed by atoms with Crippen LogP contribution in [0.1, 0.15) is 46.6 Å². The Labute approximate surface area is 195 Å². The van der Waals surface area contributed by atoms with Crippen molar-refractivity contribution < 1.29 is 4.79 Å². The number of carbonyl (C=O) groups excluding carboxylic acids is 1. The van der Waals surface area contributed by atoms with Gasteiger partial charge in [-0.2, -0.15) is 0 Å². The van der Waals surface area contributed by atoms with Crippen molar-refractivity contribution in [2.45, 2.75) is 41.0 Å². The Kier molecular flexibility index (Phi) is 13.0. The molecule has 1 atom stereocenters. The SMILES string of the molecule is CC.C\C=C(/C=C\C(=N/C(=C\C=O)c1cccc(N(C)C)c1)C(C)CC)N1CCNCC1. The van der Waals surface area contributed by atoms with Crippen LogP contribution >= 0.6 is 0 Å². The molecule has 5 nitrogen and oxygen atoms in total. The Morgan fingerprint density at radius 3 is 2.47 bits per heavy atom. The third-order valence-electron chi connectivity index (χ3n) is 5.45. The second-order valence-corrected chi connectivity index (χ2v) is 7.76. The summed E-state index contributed by atoms with van der Waals surface area (Å²) in [7, 11) is 4.01. The summed E-state index contributed by atoms with van der Waals surface area (Å²) in [6.45, 7) is 14.4. The molecule has 1 aromatic carbocycles. The number of hydrogen-bond donors (Lipinski definition) is 1. The molecule has 1 aliphatic heterocycles. The van der Waals surface area contributed by atoms with Crippen molar-refractivity contribution >= 4 is 23.4 Å². The number of carbonyl (C=O) groups is 1. The van der Waals surface area contributed by atoms with Gasteiger partial charge in [0.25, 0.3) is 0 Å². The highest BCUT2D eigenvalue weighted by Crippen LogP contribution is 2.23. The highest BCUT2D eigenvalue weighted by Gasteiger charge is 2.12. The van der Waals surface area contributed by atoms with Gasteiger partial charge in [-0.05, 0) is 43.5 Å². The van der Waals surface area contributed by atoms with Crippen LogP contribution in [-0.2, 0) is 4.79 Å². The summed E-state index contributed by atoms with van der Waals surface area (Å²) in [4.78, 5) is 20.7. The van der Waals surface area contributed by atoms with Crippen LogP contribution in [0.25, 0.3) is 5.70 Å². The van der Waals surface area contributed by atoms with Crippen molar-refractivity contribution in [2.75, 3.05) is 45.2 Å². The predicted octanol–water partition coefficient (Wildman–Crippen LogP) is 5.17. The minimum absolute atomic E-state index is 0.287. The molecule has 0 bridgehead atoms. The molecule has 32 heavy (non-hydrogen) atoms. The average molecular weight is 439 g/mol. The molecule has 1 aliphatic rings. The van der Waals surface area contributed by atoms with Gasteiger partial charge in [0.15, 0.2) is 0 Å². The molecule has 0 radical (unpaired) electrons. The molecular weight excluding hydrogens is 396 g/mol. The monoisotopic (exact) mass is 438 g/mol. The van der Waals surface area contributed by atoms with Crippen molar-refractivity contribution in [2.24, 2.45) is 10.9 Å². The van der Waals surface area contributed by atoms with Crippen LogP contribution in [-0.4, -0.2) is 57.2 Å². The normalized spacial score (nSPS) is 16.5. The van der Waals surface area contributed by atoms with Crippen LogP contribution in [0.2, 0.25) is 0 Å². The largest absolute Gasteiger partial charge is 0.378 e. The zero-order valence-corrected chi connectivity index (χ0v) is 21.1. The van der Waals surface area contributed by atoms with Gasteiger partial charge < -0.3 is 15.1 Å². The van der Waals surface area contributed by atoms with Crippen LogP contribution < -0.4 is 10.2 Å². The summed E-state index contributed by atoms with van der Waals surface area (Å²) in [5, 5.41) is 3.40. The van der Waals surface area contributed by atoms with E-state index in [1.807, 2.05) is 51.0 Å². The molecule has 0 amide bonds. The maximum Gasteiger partial charge on any atom is 0.145 e. The lowest BCUT2D eigenvalue weighted by Gasteiger charge is -2.30. The summed E-state index contributed by atoms with van der Waals surface area (Å²) in [6, 6.07) is 8.11. The van der Waals surface area contributed by atoms with E-state index in [2.05, 4.69) is 55.3 Å². The van der Waals surface area contributed by atoms with E-state index < -0.39 is 0 Å². The predicted molar refractivity (Wildman–Crippen MR) is 140 cm³/mol. The molecular formula is C27H42N4O. The lowest BCUT2D eigenvalue weighted by molar-refractivity contribution is -0.104. The molecule has 1 aromatic rings. The maximum atomic E-state index is 11.4. The van der Waals surface area contributed by atoms with Gasteiger partial charge in [0, 0.05) is 69.0 Å². The highest BCUT2D eigenvalue weighted by atomic mass is 16.1. The quantitative estimate of drug-likeness (QED) is 0.250. The van der Waals surface area contributed by atoms with E-state index in [0.29, 0.717) is 5.70 Å². The molecule has 1 N–H and O–H groups in total. The first kappa shape index (κ1) is 27.4. The minimum atomic E-state index is 0.287. The number of nitrogens with zero attached hydrogens (tertiary/aromatic N) is 3. The van der Waals surface area contributed by atoms with Gasteiger partial charge in [-0.1, -0.05) is 45.9 Å². The maximum absolute atomic E-state index is 11.4. The topological polar surface area (TPSA) is 47.9 Å². The van der Waals surface area contributed by atoms with Crippen LogP contribution in [0.5, 0.6) is 0 Å². The van der Waals surface area contributed by atoms with Crippen molar-refractivity contribution in [1.29, 1.82) is 0 Å². The number of rotatable bonds is 9. The van der Waals surface area contributed by atoms with Crippen molar-refractivity contribution in [3.8, 4) is 0 Å². The smallest absolute Gasteiger partial charge is 0.145 e. The van der Waals surface area contributed by atoms with E-state index in [0.717, 1.165) is 55.8 Å². The number of aldehydes is 1. The third kappa shape index (κ3) is 8.46. The number of aliphatic imine (C=N–C) groups is 1. The Morgan fingerprint density at radius 1 is 1.22 bits per heavy atom. The van der Waals surface area contributed by atoms with E-state index in [1.54, 1.807) is 6.08 Å². The van der Waals surface area contributed by atoms with Crippen molar-refractivity contribution in [1.82, 2.24) is 10.2 Å². The van der Waals surface area contributed by atoms with Crippen LogP contribution in [0, 0.1) is 5.92 Å². The van der Waals surface area contributed by atoms with Gasteiger partial charge in [0.2, 0.25) is 0 Å². The average Bonchev–Trinajstić information content (AvgIpc) is 2.84. The summed E-state index contributed by atoms with van der Waals surface area (Å²) >= 11 is 0. The number of nitrogens with one attached hydrogen (secondary N) is 1. The first-order valence-electron chi connectivity index (χ1n) is 11.8. The number of benzene rings is 1. The second-order valence-electron chi connectivity index (χ2n) is 7.76. The third-order valence-corrected chi connectivity index (χ3v) is 5.45. The molecule has 176 valence electrons. The lowest BCUT2D eigenvalue weighted by Crippen LogP contribution is -2.42. The van der Waals surface area contributed by atoms with Crippen LogP contribution in [0.15, 0.2) is 59.3 Å². The fraction of sp³-hybridized carbons (Fsp3) is 0.481. The van der Waals surface area contributed by atoms with Crippen molar-refractivity contribution in [3.63, 3.8) is 0 Å². The Bertz CT molecular complexity index is 815. The van der Waals surface area contributed by atoms with Crippen LogP contribution in [0.4, 0.5) is 5.69 Å². The first-order valence-corrected chi connectivity index (χ1v) is 11.8. The number of piperazine rings is 1. The summed E-state index contributed by atoms with van der Waals surface area (Å²) in [6.07, 6.45) is 9.77. The molecule has 0 aromatic heterocycles. The second kappa shape index (κ2) is 15.2. The summed E-state index contributed by atoms with van der Waals surface area (Å²) in [5.41, 5.74) is 4.90.